The third kappa shape index (κ3) is 3.65. The molecule has 1 heterocycles. The van der Waals surface area contributed by atoms with Crippen LogP contribution in [0.5, 0.6) is 0 Å². The van der Waals surface area contributed by atoms with Gasteiger partial charge in [-0.15, -0.1) is 0 Å². The van der Waals surface area contributed by atoms with Crippen molar-refractivity contribution in [2.75, 3.05) is 0 Å². The van der Waals surface area contributed by atoms with E-state index in [0.717, 1.165) is 28.7 Å². The normalized spacial score (nSPS) is 16.9. The van der Waals surface area contributed by atoms with E-state index in [1.54, 1.807) is 6.07 Å². The van der Waals surface area contributed by atoms with Crippen LogP contribution in [0, 0.1) is 5.41 Å². The fourth-order valence-electron chi connectivity index (χ4n) is 3.51. The Morgan fingerprint density at radius 2 is 1.85 bits per heavy atom. The Morgan fingerprint density at radius 1 is 1.12 bits per heavy atom. The number of Topliss-reactive ketones (excluding diaryl/α,β-unsaturated/α-hetero) is 1. The molecule has 0 saturated heterocycles. The summed E-state index contributed by atoms with van der Waals surface area (Å²) in [5.41, 5.74) is 3.57. The van der Waals surface area contributed by atoms with Crippen molar-refractivity contribution in [3.8, 4) is 11.1 Å². The fourth-order valence-corrected chi connectivity index (χ4v) is 3.96. The first-order valence-electron chi connectivity index (χ1n) is 8.63. The van der Waals surface area contributed by atoms with Gasteiger partial charge in [-0.25, -0.2) is 4.98 Å². The van der Waals surface area contributed by atoms with Crippen molar-refractivity contribution in [1.29, 1.82) is 0 Å². The molecule has 1 aromatic carbocycles. The first-order valence-corrected chi connectivity index (χ1v) is 9.38. The van der Waals surface area contributed by atoms with E-state index in [0.29, 0.717) is 28.7 Å². The highest BCUT2D eigenvalue weighted by Crippen LogP contribution is 2.41. The molecule has 0 bridgehead atoms. The predicted octanol–water partition coefficient (Wildman–Crippen LogP) is 6.28. The van der Waals surface area contributed by atoms with Gasteiger partial charge in [0.05, 0.1) is 5.57 Å². The smallest absolute Gasteiger partial charge is 0.167 e. The minimum atomic E-state index is -0.224. The molecule has 0 aliphatic heterocycles. The Labute approximate surface area is 163 Å². The number of rotatable bonds is 3. The molecule has 1 N–H and O–H groups in total. The van der Waals surface area contributed by atoms with Gasteiger partial charge in [0.25, 0.3) is 0 Å². The van der Waals surface area contributed by atoms with E-state index in [1.807, 2.05) is 45.0 Å². The molecule has 26 heavy (non-hydrogen) atoms. The van der Waals surface area contributed by atoms with Crippen molar-refractivity contribution in [1.82, 2.24) is 4.98 Å². The maximum absolute atomic E-state index is 12.8. The highest BCUT2D eigenvalue weighted by atomic mass is 35.5. The van der Waals surface area contributed by atoms with Crippen LogP contribution in [0.15, 0.2) is 36.1 Å². The molecule has 1 aliphatic carbocycles. The highest BCUT2D eigenvalue weighted by Gasteiger charge is 2.34. The van der Waals surface area contributed by atoms with Gasteiger partial charge in [-0.1, -0.05) is 56.1 Å². The number of pyridine rings is 1. The predicted molar refractivity (Wildman–Crippen MR) is 107 cm³/mol. The lowest BCUT2D eigenvalue weighted by atomic mass is 9.74. The van der Waals surface area contributed by atoms with E-state index in [9.17, 15) is 9.90 Å². The lowest BCUT2D eigenvalue weighted by Gasteiger charge is -2.30. The van der Waals surface area contributed by atoms with E-state index in [4.69, 9.17) is 23.2 Å². The molecule has 136 valence electrons. The first kappa shape index (κ1) is 18.9. The number of carbonyl (C=O) groups excluding carboxylic acids is 1. The van der Waals surface area contributed by atoms with E-state index in [1.165, 1.54) is 0 Å². The summed E-state index contributed by atoms with van der Waals surface area (Å²) in [5, 5.41) is 11.2. The van der Waals surface area contributed by atoms with E-state index >= 15 is 0 Å². The van der Waals surface area contributed by atoms with Crippen molar-refractivity contribution >= 4 is 34.6 Å². The van der Waals surface area contributed by atoms with Crippen molar-refractivity contribution in [2.24, 2.45) is 5.41 Å². The van der Waals surface area contributed by atoms with Crippen LogP contribution >= 0.6 is 23.2 Å². The number of hydrogen-bond acceptors (Lipinski definition) is 3. The zero-order valence-corrected chi connectivity index (χ0v) is 16.6. The van der Waals surface area contributed by atoms with Crippen LogP contribution in [0.2, 0.25) is 10.3 Å². The topological polar surface area (TPSA) is 50.2 Å². The first-order chi connectivity index (χ1) is 12.2. The summed E-state index contributed by atoms with van der Waals surface area (Å²) in [6, 6.07) is 9.33. The van der Waals surface area contributed by atoms with E-state index in [-0.39, 0.29) is 17.0 Å². The Bertz CT molecular complexity index is 916. The number of nitrogens with zero attached hydrogens (tertiary/aromatic N) is 1. The molecule has 3 rings (SSSR count). The average Bonchev–Trinajstić information content (AvgIpc) is 2.53. The maximum atomic E-state index is 12.8. The Morgan fingerprint density at radius 3 is 2.46 bits per heavy atom. The zero-order chi connectivity index (χ0) is 19.1. The van der Waals surface area contributed by atoms with Gasteiger partial charge in [-0.05, 0) is 46.7 Å². The molecular weight excluding hydrogens is 369 g/mol. The molecule has 2 aromatic rings. The summed E-state index contributed by atoms with van der Waals surface area (Å²) in [7, 11) is 0. The van der Waals surface area contributed by atoms with Gasteiger partial charge in [-0.2, -0.15) is 0 Å². The Hall–Kier alpha value is -1.84. The van der Waals surface area contributed by atoms with Crippen LogP contribution in [0.3, 0.4) is 0 Å². The number of halogens is 2. The van der Waals surface area contributed by atoms with E-state index in [2.05, 4.69) is 4.98 Å². The minimum Gasteiger partial charge on any atom is -0.512 e. The number of carbonyl (C=O) groups is 1. The van der Waals surface area contributed by atoms with Crippen molar-refractivity contribution in [2.45, 2.75) is 40.0 Å². The van der Waals surface area contributed by atoms with Crippen LogP contribution in [0.4, 0.5) is 0 Å². The molecule has 0 atom stereocenters. The monoisotopic (exact) mass is 389 g/mol. The van der Waals surface area contributed by atoms with Crippen LogP contribution in [0.1, 0.15) is 44.7 Å². The fraction of sp³-hybridized carbons (Fsp3) is 0.333. The van der Waals surface area contributed by atoms with Crippen molar-refractivity contribution in [3.05, 3.63) is 57.5 Å². The van der Waals surface area contributed by atoms with Gasteiger partial charge in [0.1, 0.15) is 16.1 Å². The number of ketones is 1. The summed E-state index contributed by atoms with van der Waals surface area (Å²) in [6.45, 7) is 6.02. The molecule has 1 aromatic heterocycles. The minimum absolute atomic E-state index is 0.0223. The summed E-state index contributed by atoms with van der Waals surface area (Å²) in [6.07, 6.45) is 1.67. The molecule has 0 unspecified atom stereocenters. The van der Waals surface area contributed by atoms with E-state index < -0.39 is 0 Å². The van der Waals surface area contributed by atoms with Crippen molar-refractivity contribution in [3.63, 3.8) is 0 Å². The standard InChI is InChI=1S/C21H21Cl2NO2/c1-4-12-5-6-13(14-7-8-18(22)24-20(14)23)9-15(12)19-16(25)10-21(2,3)11-17(19)26/h5-9,25H,4,10-11H2,1-3H3. The second-order valence-corrected chi connectivity index (χ2v) is 8.21. The van der Waals surface area contributed by atoms with Gasteiger partial charge in [-0.3, -0.25) is 4.79 Å². The number of benzene rings is 1. The summed E-state index contributed by atoms with van der Waals surface area (Å²) in [5.74, 6) is 0.143. The molecular formula is C21H21Cl2NO2. The number of aromatic nitrogens is 1. The van der Waals surface area contributed by atoms with Gasteiger partial charge in [0, 0.05) is 18.4 Å². The lowest BCUT2D eigenvalue weighted by Crippen LogP contribution is -2.25. The van der Waals surface area contributed by atoms with Crippen LogP contribution < -0.4 is 0 Å². The molecule has 0 saturated carbocycles. The van der Waals surface area contributed by atoms with Gasteiger partial charge in [0.2, 0.25) is 0 Å². The van der Waals surface area contributed by atoms with Gasteiger partial charge < -0.3 is 5.11 Å². The quantitative estimate of drug-likeness (QED) is 0.628. The molecule has 3 nitrogen and oxygen atoms in total. The largest absolute Gasteiger partial charge is 0.512 e. The Balaban J connectivity index is 2.17. The van der Waals surface area contributed by atoms with Crippen LogP contribution in [-0.4, -0.2) is 15.9 Å². The molecule has 0 fully saturated rings. The number of aryl methyl sites for hydroxylation is 1. The number of aliphatic hydroxyl groups excluding tert-OH is 1. The zero-order valence-electron chi connectivity index (χ0n) is 15.1. The van der Waals surface area contributed by atoms with Gasteiger partial charge in [0.15, 0.2) is 5.78 Å². The molecule has 0 spiro atoms. The van der Waals surface area contributed by atoms with Gasteiger partial charge >= 0.3 is 0 Å². The molecule has 0 amide bonds. The molecule has 5 heteroatoms. The lowest BCUT2D eigenvalue weighted by molar-refractivity contribution is -0.116. The third-order valence-electron chi connectivity index (χ3n) is 4.74. The number of hydrogen-bond donors (Lipinski definition) is 1. The van der Waals surface area contributed by atoms with Crippen molar-refractivity contribution < 1.29 is 9.90 Å². The summed E-state index contributed by atoms with van der Waals surface area (Å²) >= 11 is 12.1. The second-order valence-electron chi connectivity index (χ2n) is 7.46. The average molecular weight is 390 g/mol. The molecule has 1 aliphatic rings. The number of allylic oxidation sites excluding steroid dienone is 2. The number of aliphatic hydroxyl groups is 1. The third-order valence-corrected chi connectivity index (χ3v) is 5.24. The van der Waals surface area contributed by atoms with Crippen LogP contribution in [0.25, 0.3) is 16.7 Å². The maximum Gasteiger partial charge on any atom is 0.167 e. The summed E-state index contributed by atoms with van der Waals surface area (Å²) in [4.78, 5) is 16.9. The SMILES string of the molecule is CCc1ccc(-c2ccc(Cl)nc2Cl)cc1C1=C(O)CC(C)(C)CC1=O. The summed E-state index contributed by atoms with van der Waals surface area (Å²) < 4.78 is 0. The Kier molecular flexibility index (Phi) is 5.14. The van der Waals surface area contributed by atoms with Crippen LogP contribution in [-0.2, 0) is 11.2 Å². The molecule has 0 radical (unpaired) electrons. The highest BCUT2D eigenvalue weighted by molar-refractivity contribution is 6.34. The second kappa shape index (κ2) is 7.05.